The number of H-pyrrole nitrogens is 2. The van der Waals surface area contributed by atoms with Crippen LogP contribution in [-0.4, -0.2) is 67.1 Å². The number of halogens is 2. The molecule has 0 spiro atoms. The lowest BCUT2D eigenvalue weighted by Gasteiger charge is -2.25. The highest BCUT2D eigenvalue weighted by molar-refractivity contribution is 8.03. The quantitative estimate of drug-likeness (QED) is 0.330. The number of hydrogen-bond acceptors (Lipinski definition) is 8. The van der Waals surface area contributed by atoms with Crippen molar-refractivity contribution in [2.75, 3.05) is 36.2 Å². The van der Waals surface area contributed by atoms with Crippen molar-refractivity contribution >= 4 is 65.0 Å². The maximum absolute atomic E-state index is 15.1. The van der Waals surface area contributed by atoms with Gasteiger partial charge in [-0.3, -0.25) is 4.79 Å². The lowest BCUT2D eigenvalue weighted by Crippen LogP contribution is -2.44. The molecule has 0 bridgehead atoms. The molecule has 0 amide bonds. The summed E-state index contributed by atoms with van der Waals surface area (Å²) < 4.78 is 64.2. The largest absolute Gasteiger partial charge is 0.397 e. The molecule has 1 aliphatic rings. The zero-order valence-electron chi connectivity index (χ0n) is 19.6. The third-order valence-electron chi connectivity index (χ3n) is 6.26. The Hall–Kier alpha value is -3.20. The number of hydrogen-bond donors (Lipinski definition) is 3. The fourth-order valence-electron chi connectivity index (χ4n) is 4.83. The lowest BCUT2D eigenvalue weighted by molar-refractivity contribution is 0.446. The predicted octanol–water partition coefficient (Wildman–Crippen LogP) is 2.25. The number of sulfonamides is 2. The number of aromatic nitrogens is 3. The second-order valence-electron chi connectivity index (χ2n) is 8.98. The third-order valence-corrected chi connectivity index (χ3v) is 10.0. The number of nitrogen functional groups attached to an aromatic ring is 1. The minimum atomic E-state index is -4.06. The predicted molar refractivity (Wildman–Crippen MR) is 141 cm³/mol. The number of nitrogens with one attached hydrogen (secondary N) is 2. The van der Waals surface area contributed by atoms with Gasteiger partial charge in [0, 0.05) is 29.6 Å². The van der Waals surface area contributed by atoms with E-state index in [2.05, 4.69) is 15.0 Å². The first-order chi connectivity index (χ1) is 17.2. The summed E-state index contributed by atoms with van der Waals surface area (Å²) >= 11 is 6.08. The van der Waals surface area contributed by atoms with Crippen LogP contribution in [0.5, 0.6) is 0 Å². The van der Waals surface area contributed by atoms with Crippen LogP contribution in [0.1, 0.15) is 6.42 Å². The summed E-state index contributed by atoms with van der Waals surface area (Å²) in [5, 5.41) is 0.960. The van der Waals surface area contributed by atoms with Crippen molar-refractivity contribution in [2.45, 2.75) is 12.5 Å². The molecule has 3 heterocycles. The standard InChI is InChI=1S/C22H22ClFN6O5S2/c1-36(32,33)30(37(2,34)35)12-5-6-29(10-12)18-9-17-16(8-14(18)24)26-21(27-17)19-20(25)13-7-11(23)3-4-15(13)28-22(19)31/h3-4,7-9,12H,5-6,10H2,1-2H3,(H,26,27)(H3,25,28,31). The first kappa shape index (κ1) is 25.4. The highest BCUT2D eigenvalue weighted by atomic mass is 35.5. The van der Waals surface area contributed by atoms with E-state index in [1.54, 1.807) is 23.1 Å². The van der Waals surface area contributed by atoms with Gasteiger partial charge in [0.05, 0.1) is 46.5 Å². The van der Waals surface area contributed by atoms with Gasteiger partial charge in [-0.15, -0.1) is 0 Å². The molecule has 37 heavy (non-hydrogen) atoms. The molecule has 15 heteroatoms. The van der Waals surface area contributed by atoms with Gasteiger partial charge in [-0.2, -0.15) is 0 Å². The summed E-state index contributed by atoms with van der Waals surface area (Å²) in [6.07, 6.45) is 1.83. The maximum atomic E-state index is 15.1. The van der Waals surface area contributed by atoms with Crippen molar-refractivity contribution < 1.29 is 21.2 Å². The van der Waals surface area contributed by atoms with Gasteiger partial charge in [-0.25, -0.2) is 26.2 Å². The number of pyridine rings is 1. The van der Waals surface area contributed by atoms with Gasteiger partial charge in [0.15, 0.2) is 0 Å². The summed E-state index contributed by atoms with van der Waals surface area (Å²) in [6.45, 7) is 0.196. The zero-order valence-corrected chi connectivity index (χ0v) is 22.0. The highest BCUT2D eigenvalue weighted by Crippen LogP contribution is 2.33. The Balaban J connectivity index is 1.54. The van der Waals surface area contributed by atoms with Crippen LogP contribution < -0.4 is 16.2 Å². The molecule has 1 fully saturated rings. The molecule has 1 atom stereocenters. The van der Waals surface area contributed by atoms with Gasteiger partial charge < -0.3 is 20.6 Å². The molecule has 4 aromatic rings. The Kier molecular flexibility index (Phi) is 5.97. The molecule has 4 N–H and O–H groups in total. The van der Waals surface area contributed by atoms with Crippen LogP contribution in [0.25, 0.3) is 33.3 Å². The van der Waals surface area contributed by atoms with E-state index in [9.17, 15) is 21.6 Å². The Morgan fingerprint density at radius 3 is 2.49 bits per heavy atom. The summed E-state index contributed by atoms with van der Waals surface area (Å²) in [5.41, 5.74) is 7.31. The van der Waals surface area contributed by atoms with Gasteiger partial charge in [-0.05, 0) is 30.7 Å². The molecule has 0 aliphatic carbocycles. The molecule has 1 unspecified atom stereocenters. The van der Waals surface area contributed by atoms with Crippen LogP contribution in [0.3, 0.4) is 0 Å². The van der Waals surface area contributed by atoms with Crippen LogP contribution >= 0.6 is 11.6 Å². The van der Waals surface area contributed by atoms with Crippen molar-refractivity contribution in [3.63, 3.8) is 0 Å². The van der Waals surface area contributed by atoms with Gasteiger partial charge >= 0.3 is 0 Å². The molecule has 2 aromatic heterocycles. The number of aromatic amines is 2. The van der Waals surface area contributed by atoms with E-state index >= 15 is 4.39 Å². The second kappa shape index (κ2) is 8.68. The van der Waals surface area contributed by atoms with Gasteiger partial charge in [-0.1, -0.05) is 15.3 Å². The van der Waals surface area contributed by atoms with Crippen LogP contribution in [-0.2, 0) is 20.0 Å². The molecule has 1 aliphatic heterocycles. The zero-order chi connectivity index (χ0) is 26.9. The van der Waals surface area contributed by atoms with E-state index in [-0.39, 0.29) is 42.3 Å². The van der Waals surface area contributed by atoms with Crippen LogP contribution in [0, 0.1) is 5.82 Å². The fourth-order valence-corrected chi connectivity index (χ4v) is 8.39. The van der Waals surface area contributed by atoms with Crippen molar-refractivity contribution in [3.8, 4) is 11.4 Å². The van der Waals surface area contributed by atoms with E-state index in [1.807, 2.05) is 0 Å². The normalized spacial score (nSPS) is 16.9. The van der Waals surface area contributed by atoms with Crippen molar-refractivity contribution in [1.29, 1.82) is 0 Å². The minimum Gasteiger partial charge on any atom is -0.397 e. The van der Waals surface area contributed by atoms with Crippen molar-refractivity contribution in [3.05, 3.63) is 51.5 Å². The number of imidazole rings is 1. The van der Waals surface area contributed by atoms with E-state index in [4.69, 9.17) is 17.3 Å². The Labute approximate surface area is 216 Å². The Morgan fingerprint density at radius 2 is 1.81 bits per heavy atom. The van der Waals surface area contributed by atoms with E-state index in [0.29, 0.717) is 30.7 Å². The van der Waals surface area contributed by atoms with E-state index in [1.165, 1.54) is 12.1 Å². The summed E-state index contributed by atoms with van der Waals surface area (Å²) in [6, 6.07) is 6.67. The molecule has 5 rings (SSSR count). The molecule has 196 valence electrons. The summed E-state index contributed by atoms with van der Waals surface area (Å²) in [7, 11) is -8.11. The molecule has 0 radical (unpaired) electrons. The number of nitrogens with two attached hydrogens (primary N) is 1. The van der Waals surface area contributed by atoms with E-state index < -0.39 is 37.5 Å². The lowest BCUT2D eigenvalue weighted by atomic mass is 10.1. The van der Waals surface area contributed by atoms with Crippen LogP contribution in [0.2, 0.25) is 5.02 Å². The van der Waals surface area contributed by atoms with Gasteiger partial charge in [0.2, 0.25) is 20.0 Å². The number of anilines is 2. The smallest absolute Gasteiger partial charge is 0.261 e. The fraction of sp³-hybridized carbons (Fsp3) is 0.273. The van der Waals surface area contributed by atoms with Crippen LogP contribution in [0.4, 0.5) is 15.8 Å². The van der Waals surface area contributed by atoms with Gasteiger partial charge in [0.25, 0.3) is 5.56 Å². The van der Waals surface area contributed by atoms with Crippen molar-refractivity contribution in [1.82, 2.24) is 18.7 Å². The first-order valence-corrected chi connectivity index (χ1v) is 15.1. The van der Waals surface area contributed by atoms with Crippen LogP contribution in [0.15, 0.2) is 35.1 Å². The number of rotatable bonds is 5. The van der Waals surface area contributed by atoms with Crippen molar-refractivity contribution in [2.24, 2.45) is 0 Å². The summed E-state index contributed by atoms with van der Waals surface area (Å²) in [5.74, 6) is -0.493. The minimum absolute atomic E-state index is 0.0299. The second-order valence-corrected chi connectivity index (χ2v) is 13.4. The molecule has 1 saturated heterocycles. The third kappa shape index (κ3) is 4.54. The molecule has 0 saturated carbocycles. The average Bonchev–Trinajstić information content (AvgIpc) is 3.38. The molecule has 11 nitrogen and oxygen atoms in total. The average molecular weight is 569 g/mol. The molecule has 2 aromatic carbocycles. The number of nitrogens with zero attached hydrogens (tertiary/aromatic N) is 3. The highest BCUT2D eigenvalue weighted by Gasteiger charge is 2.39. The monoisotopic (exact) mass is 568 g/mol. The van der Waals surface area contributed by atoms with E-state index in [0.717, 1.165) is 12.5 Å². The molecular weight excluding hydrogens is 547 g/mol. The number of fused-ring (bicyclic) bond motifs is 2. The molecular formula is C22H22ClFN6O5S2. The SMILES string of the molecule is CS(=O)(=O)N(C1CCN(c2cc3nc(-c4c(N)c5cc(Cl)ccc5[nH]c4=O)[nH]c3cc2F)C1)S(C)(=O)=O. The van der Waals surface area contributed by atoms with Gasteiger partial charge in [0.1, 0.15) is 17.2 Å². The Bertz CT molecular complexity index is 1820. The Morgan fingerprint density at radius 1 is 1.11 bits per heavy atom. The number of benzene rings is 2. The maximum Gasteiger partial charge on any atom is 0.261 e. The topological polar surface area (TPSA) is 162 Å². The summed E-state index contributed by atoms with van der Waals surface area (Å²) in [4.78, 5) is 24.5. The first-order valence-electron chi connectivity index (χ1n) is 11.0.